The smallest absolute Gasteiger partial charge is 0.333 e. The molecule has 0 amide bonds. The van der Waals surface area contributed by atoms with Gasteiger partial charge in [0.1, 0.15) is 0 Å². The molecule has 1 spiro atoms. The van der Waals surface area contributed by atoms with E-state index in [-0.39, 0.29) is 18.8 Å². The monoisotopic (exact) mass is 375 g/mol. The molecule has 0 bridgehead atoms. The number of nitrogens with one attached hydrogen (secondary N) is 1. The Balaban J connectivity index is 1.69. The molecule has 0 radical (unpaired) electrons. The molecule has 0 aromatic heterocycles. The van der Waals surface area contributed by atoms with Crippen LogP contribution >= 0.6 is 11.6 Å². The lowest BCUT2D eigenvalue weighted by Gasteiger charge is -2.22. The summed E-state index contributed by atoms with van der Waals surface area (Å²) < 4.78 is 45.0. The SMILES string of the molecule is O=S(=O)(O)NCC[C@@H]1OC2(CCCC2)O[C@H]1Cc1ccccc1Cl. The van der Waals surface area contributed by atoms with E-state index in [0.29, 0.717) is 17.9 Å². The number of rotatable bonds is 6. The zero-order chi connectivity index (χ0) is 17.2. The molecule has 134 valence electrons. The van der Waals surface area contributed by atoms with Crippen molar-refractivity contribution in [1.82, 2.24) is 4.72 Å². The van der Waals surface area contributed by atoms with Crippen molar-refractivity contribution in [3.8, 4) is 0 Å². The van der Waals surface area contributed by atoms with E-state index in [4.69, 9.17) is 25.6 Å². The molecular weight excluding hydrogens is 354 g/mol. The van der Waals surface area contributed by atoms with Crippen molar-refractivity contribution in [1.29, 1.82) is 0 Å². The lowest BCUT2D eigenvalue weighted by atomic mass is 10.0. The van der Waals surface area contributed by atoms with Crippen molar-refractivity contribution in [3.63, 3.8) is 0 Å². The van der Waals surface area contributed by atoms with Crippen molar-refractivity contribution < 1.29 is 22.4 Å². The van der Waals surface area contributed by atoms with Crippen LogP contribution in [-0.2, 0) is 26.2 Å². The van der Waals surface area contributed by atoms with E-state index in [1.54, 1.807) is 0 Å². The summed E-state index contributed by atoms with van der Waals surface area (Å²) in [6.07, 6.45) is 4.44. The molecule has 2 atom stereocenters. The van der Waals surface area contributed by atoms with Crippen LogP contribution in [0.5, 0.6) is 0 Å². The lowest BCUT2D eigenvalue weighted by molar-refractivity contribution is -0.169. The molecule has 24 heavy (non-hydrogen) atoms. The van der Waals surface area contributed by atoms with Gasteiger partial charge in [0, 0.05) is 30.8 Å². The van der Waals surface area contributed by atoms with Gasteiger partial charge in [0.2, 0.25) is 0 Å². The zero-order valence-electron chi connectivity index (χ0n) is 13.3. The molecule has 2 fully saturated rings. The standard InChI is InChI=1S/C16H22ClNO5S/c17-13-6-2-1-5-12(13)11-15-14(7-10-18-24(19,20)21)22-16(23-15)8-3-4-9-16/h1-2,5-6,14-15,18H,3-4,7-11H2,(H,19,20,21)/t14-,15-/m0/s1. The molecule has 1 heterocycles. The van der Waals surface area contributed by atoms with Gasteiger partial charge in [-0.3, -0.25) is 4.55 Å². The van der Waals surface area contributed by atoms with Crippen LogP contribution in [0.3, 0.4) is 0 Å². The highest BCUT2D eigenvalue weighted by Gasteiger charge is 2.48. The Labute approximate surface area is 147 Å². The number of hydrogen-bond donors (Lipinski definition) is 2. The van der Waals surface area contributed by atoms with Gasteiger partial charge < -0.3 is 9.47 Å². The van der Waals surface area contributed by atoms with Crippen LogP contribution in [0.2, 0.25) is 5.02 Å². The Kier molecular flexibility index (Phi) is 5.48. The summed E-state index contributed by atoms with van der Waals surface area (Å²) in [6, 6.07) is 7.60. The Morgan fingerprint density at radius 1 is 1.21 bits per heavy atom. The van der Waals surface area contributed by atoms with Crippen LogP contribution in [0.25, 0.3) is 0 Å². The Morgan fingerprint density at radius 3 is 2.54 bits per heavy atom. The summed E-state index contributed by atoms with van der Waals surface area (Å²) in [5.74, 6) is -0.547. The average molecular weight is 376 g/mol. The molecule has 2 aliphatic rings. The van der Waals surface area contributed by atoms with Crippen molar-refractivity contribution in [3.05, 3.63) is 34.9 Å². The maximum Gasteiger partial charge on any atom is 0.333 e. The average Bonchev–Trinajstić information content (AvgIpc) is 3.08. The predicted molar refractivity (Wildman–Crippen MR) is 90.3 cm³/mol. The molecule has 0 unspecified atom stereocenters. The van der Waals surface area contributed by atoms with Crippen molar-refractivity contribution >= 4 is 21.9 Å². The van der Waals surface area contributed by atoms with E-state index in [2.05, 4.69) is 4.72 Å². The van der Waals surface area contributed by atoms with Crippen molar-refractivity contribution in [2.75, 3.05) is 6.54 Å². The maximum atomic E-state index is 10.8. The second kappa shape index (κ2) is 7.27. The summed E-state index contributed by atoms with van der Waals surface area (Å²) in [4.78, 5) is 0. The van der Waals surface area contributed by atoms with E-state index in [1.807, 2.05) is 24.3 Å². The predicted octanol–water partition coefficient (Wildman–Crippen LogP) is 2.72. The molecule has 1 saturated heterocycles. The van der Waals surface area contributed by atoms with Crippen molar-refractivity contribution in [2.24, 2.45) is 0 Å². The van der Waals surface area contributed by atoms with Crippen LogP contribution in [0.1, 0.15) is 37.7 Å². The molecule has 8 heteroatoms. The van der Waals surface area contributed by atoms with Gasteiger partial charge in [0.25, 0.3) is 0 Å². The van der Waals surface area contributed by atoms with Gasteiger partial charge in [-0.15, -0.1) is 0 Å². The molecule has 6 nitrogen and oxygen atoms in total. The van der Waals surface area contributed by atoms with Gasteiger partial charge >= 0.3 is 10.3 Å². The van der Waals surface area contributed by atoms with E-state index in [1.165, 1.54) is 0 Å². The highest BCUT2D eigenvalue weighted by molar-refractivity contribution is 7.83. The molecular formula is C16H22ClNO5S. The second-order valence-electron chi connectivity index (χ2n) is 6.38. The van der Waals surface area contributed by atoms with Gasteiger partial charge in [-0.25, -0.2) is 0 Å². The highest BCUT2D eigenvalue weighted by Crippen LogP contribution is 2.43. The lowest BCUT2D eigenvalue weighted by Crippen LogP contribution is -2.31. The molecule has 2 N–H and O–H groups in total. The molecule has 1 aliphatic heterocycles. The van der Waals surface area contributed by atoms with Crippen LogP contribution < -0.4 is 4.72 Å². The first kappa shape index (κ1) is 18.1. The molecule has 3 rings (SSSR count). The summed E-state index contributed by atoms with van der Waals surface area (Å²) in [7, 11) is -4.19. The van der Waals surface area contributed by atoms with E-state index in [9.17, 15) is 8.42 Å². The number of benzene rings is 1. The van der Waals surface area contributed by atoms with Crippen molar-refractivity contribution in [2.45, 2.75) is 56.5 Å². The zero-order valence-corrected chi connectivity index (χ0v) is 14.9. The second-order valence-corrected chi connectivity index (χ2v) is 8.03. The molecule has 1 aromatic rings. The highest BCUT2D eigenvalue weighted by atomic mass is 35.5. The fourth-order valence-corrected chi connectivity index (χ4v) is 4.10. The molecule has 1 saturated carbocycles. The fraction of sp³-hybridized carbons (Fsp3) is 0.625. The third-order valence-electron chi connectivity index (χ3n) is 4.60. The van der Waals surface area contributed by atoms with Crippen LogP contribution in [0.4, 0.5) is 0 Å². The van der Waals surface area contributed by atoms with Crippen LogP contribution in [0.15, 0.2) is 24.3 Å². The van der Waals surface area contributed by atoms with Gasteiger partial charge in [0.05, 0.1) is 12.2 Å². The minimum Gasteiger partial charge on any atom is -0.344 e. The summed E-state index contributed by atoms with van der Waals surface area (Å²) in [5.41, 5.74) is 0.982. The summed E-state index contributed by atoms with van der Waals surface area (Å²) >= 11 is 6.24. The molecule has 1 aromatic carbocycles. The Hall–Kier alpha value is -0.700. The quantitative estimate of drug-likeness (QED) is 0.747. The fourth-order valence-electron chi connectivity index (χ4n) is 3.51. The largest absolute Gasteiger partial charge is 0.344 e. The molecule has 1 aliphatic carbocycles. The summed E-state index contributed by atoms with van der Waals surface area (Å²) in [5, 5.41) is 0.684. The van der Waals surface area contributed by atoms with E-state index >= 15 is 0 Å². The van der Waals surface area contributed by atoms with Crippen LogP contribution in [0, 0.1) is 0 Å². The Morgan fingerprint density at radius 2 is 1.88 bits per heavy atom. The summed E-state index contributed by atoms with van der Waals surface area (Å²) in [6.45, 7) is 0.0992. The topological polar surface area (TPSA) is 84.9 Å². The van der Waals surface area contributed by atoms with Gasteiger partial charge in [0.15, 0.2) is 5.79 Å². The van der Waals surface area contributed by atoms with Gasteiger partial charge in [-0.1, -0.05) is 29.8 Å². The third-order valence-corrected chi connectivity index (χ3v) is 5.54. The minimum atomic E-state index is -4.19. The van der Waals surface area contributed by atoms with E-state index < -0.39 is 16.1 Å². The maximum absolute atomic E-state index is 10.8. The number of halogens is 1. The number of hydrogen-bond acceptors (Lipinski definition) is 4. The van der Waals surface area contributed by atoms with E-state index in [0.717, 1.165) is 31.2 Å². The van der Waals surface area contributed by atoms with Gasteiger partial charge in [-0.05, 0) is 30.9 Å². The number of ether oxygens (including phenoxy) is 2. The van der Waals surface area contributed by atoms with Crippen LogP contribution in [-0.4, -0.2) is 37.5 Å². The Bertz CT molecular complexity index is 675. The first-order chi connectivity index (χ1) is 11.4. The first-order valence-electron chi connectivity index (χ1n) is 8.18. The first-order valence-corrected chi connectivity index (χ1v) is 10.00. The van der Waals surface area contributed by atoms with Gasteiger partial charge in [-0.2, -0.15) is 13.1 Å². The third kappa shape index (κ3) is 4.47. The normalized spacial score (nSPS) is 26.2. The minimum absolute atomic E-state index is 0.0992.